The lowest BCUT2D eigenvalue weighted by Crippen LogP contribution is -2.30. The molecule has 1 rings (SSSR count). The lowest BCUT2D eigenvalue weighted by Gasteiger charge is -2.17. The van der Waals surface area contributed by atoms with Crippen LogP contribution < -0.4 is 0 Å². The Bertz CT molecular complexity index is 325. The Morgan fingerprint density at radius 3 is 3.00 bits per heavy atom. The first-order chi connectivity index (χ1) is 8.09. The van der Waals surface area contributed by atoms with Crippen LogP contribution in [-0.4, -0.2) is 41.4 Å². The summed E-state index contributed by atoms with van der Waals surface area (Å²) in [5.41, 5.74) is 0. The van der Waals surface area contributed by atoms with Crippen LogP contribution >= 0.6 is 23.1 Å². The summed E-state index contributed by atoms with van der Waals surface area (Å²) in [6.45, 7) is 2.36. The Kier molecular flexibility index (Phi) is 6.62. The summed E-state index contributed by atoms with van der Waals surface area (Å²) in [6.07, 6.45) is 0.293. The second-order valence-corrected chi connectivity index (χ2v) is 6.04. The van der Waals surface area contributed by atoms with E-state index in [1.165, 1.54) is 4.88 Å². The number of carbonyl (C=O) groups excluding carboxylic acids is 1. The fourth-order valence-electron chi connectivity index (χ4n) is 1.25. The van der Waals surface area contributed by atoms with Gasteiger partial charge in [-0.15, -0.1) is 23.1 Å². The van der Waals surface area contributed by atoms with Crippen molar-refractivity contribution in [1.29, 1.82) is 0 Å². The van der Waals surface area contributed by atoms with Gasteiger partial charge in [-0.3, -0.25) is 4.79 Å². The number of thioether (sulfide) groups is 1. The van der Waals surface area contributed by atoms with Crippen molar-refractivity contribution in [3.63, 3.8) is 0 Å². The molecule has 0 bridgehead atoms. The molecule has 1 aromatic rings. The molecule has 1 atom stereocenters. The molecule has 0 spiro atoms. The SMILES string of the molecule is CC(O)CCN(C)C(=O)CSCc1cccs1. The molecule has 0 saturated heterocycles. The fourth-order valence-corrected chi connectivity index (χ4v) is 3.05. The van der Waals surface area contributed by atoms with E-state index < -0.39 is 0 Å². The van der Waals surface area contributed by atoms with E-state index in [1.54, 1.807) is 42.0 Å². The van der Waals surface area contributed by atoms with Crippen molar-refractivity contribution in [2.45, 2.75) is 25.2 Å². The minimum absolute atomic E-state index is 0.132. The van der Waals surface area contributed by atoms with Crippen molar-refractivity contribution in [3.8, 4) is 0 Å². The summed E-state index contributed by atoms with van der Waals surface area (Å²) in [5, 5.41) is 11.2. The molecule has 1 amide bonds. The Morgan fingerprint density at radius 1 is 1.65 bits per heavy atom. The zero-order chi connectivity index (χ0) is 12.7. The molecule has 0 saturated carbocycles. The maximum absolute atomic E-state index is 11.7. The molecular formula is C12H19NO2S2. The molecule has 1 heterocycles. The third-order valence-corrected chi connectivity index (χ3v) is 4.38. The molecule has 0 fully saturated rings. The van der Waals surface area contributed by atoms with Crippen LogP contribution in [0.2, 0.25) is 0 Å². The Balaban J connectivity index is 2.15. The van der Waals surface area contributed by atoms with Crippen molar-refractivity contribution in [3.05, 3.63) is 22.4 Å². The highest BCUT2D eigenvalue weighted by atomic mass is 32.2. The van der Waals surface area contributed by atoms with E-state index in [4.69, 9.17) is 5.11 Å². The van der Waals surface area contributed by atoms with Crippen molar-refractivity contribution in [2.75, 3.05) is 19.3 Å². The predicted molar refractivity (Wildman–Crippen MR) is 74.4 cm³/mol. The van der Waals surface area contributed by atoms with Crippen LogP contribution in [0.5, 0.6) is 0 Å². The minimum atomic E-state index is -0.343. The molecule has 3 nitrogen and oxygen atoms in total. The lowest BCUT2D eigenvalue weighted by atomic mass is 10.3. The van der Waals surface area contributed by atoms with Crippen LogP contribution in [0.15, 0.2) is 17.5 Å². The van der Waals surface area contributed by atoms with Crippen LogP contribution in [0.3, 0.4) is 0 Å². The number of carbonyl (C=O) groups is 1. The van der Waals surface area contributed by atoms with Gasteiger partial charge in [0.05, 0.1) is 11.9 Å². The molecular weight excluding hydrogens is 254 g/mol. The van der Waals surface area contributed by atoms with Gasteiger partial charge in [0.25, 0.3) is 0 Å². The molecule has 5 heteroatoms. The summed E-state index contributed by atoms with van der Waals surface area (Å²) < 4.78 is 0. The summed E-state index contributed by atoms with van der Waals surface area (Å²) in [5.74, 6) is 1.54. The first kappa shape index (κ1) is 14.5. The average molecular weight is 273 g/mol. The smallest absolute Gasteiger partial charge is 0.232 e. The number of amides is 1. The van der Waals surface area contributed by atoms with Gasteiger partial charge in [0.1, 0.15) is 0 Å². The standard InChI is InChI=1S/C12H19NO2S2/c1-10(14)5-6-13(2)12(15)9-16-8-11-4-3-7-17-11/h3-4,7,10,14H,5-6,8-9H2,1-2H3. The highest BCUT2D eigenvalue weighted by Gasteiger charge is 2.09. The number of hydrogen-bond acceptors (Lipinski definition) is 4. The topological polar surface area (TPSA) is 40.5 Å². The van der Waals surface area contributed by atoms with E-state index in [2.05, 4.69) is 6.07 Å². The number of aliphatic hydroxyl groups is 1. The number of thiophene rings is 1. The summed E-state index contributed by atoms with van der Waals surface area (Å²) >= 11 is 3.36. The van der Waals surface area contributed by atoms with E-state index in [1.807, 2.05) is 11.4 Å². The van der Waals surface area contributed by atoms with E-state index in [0.717, 1.165) is 5.75 Å². The molecule has 0 aromatic carbocycles. The van der Waals surface area contributed by atoms with Crippen LogP contribution in [-0.2, 0) is 10.5 Å². The first-order valence-corrected chi connectivity index (χ1v) is 7.65. The van der Waals surface area contributed by atoms with Gasteiger partial charge in [-0.25, -0.2) is 0 Å². The van der Waals surface area contributed by atoms with Crippen molar-refractivity contribution >= 4 is 29.0 Å². The van der Waals surface area contributed by atoms with E-state index in [0.29, 0.717) is 18.7 Å². The fraction of sp³-hybridized carbons (Fsp3) is 0.583. The second-order valence-electron chi connectivity index (χ2n) is 4.03. The van der Waals surface area contributed by atoms with Gasteiger partial charge in [-0.1, -0.05) is 6.07 Å². The number of rotatable bonds is 7. The van der Waals surface area contributed by atoms with E-state index in [9.17, 15) is 4.79 Å². The Hall–Kier alpha value is -0.520. The molecule has 0 aliphatic carbocycles. The van der Waals surface area contributed by atoms with Crippen LogP contribution in [0, 0.1) is 0 Å². The number of hydrogen-bond donors (Lipinski definition) is 1. The molecule has 1 aromatic heterocycles. The third-order valence-electron chi connectivity index (χ3n) is 2.36. The van der Waals surface area contributed by atoms with Gasteiger partial charge in [0, 0.05) is 24.2 Å². The molecule has 1 N–H and O–H groups in total. The quantitative estimate of drug-likeness (QED) is 0.828. The first-order valence-electron chi connectivity index (χ1n) is 5.61. The van der Waals surface area contributed by atoms with Crippen LogP contribution in [0.1, 0.15) is 18.2 Å². The van der Waals surface area contributed by atoms with Crippen molar-refractivity contribution < 1.29 is 9.90 Å². The monoisotopic (exact) mass is 273 g/mol. The maximum Gasteiger partial charge on any atom is 0.232 e. The molecule has 0 radical (unpaired) electrons. The van der Waals surface area contributed by atoms with Gasteiger partial charge in [0.15, 0.2) is 0 Å². The minimum Gasteiger partial charge on any atom is -0.393 e. The third kappa shape index (κ3) is 6.10. The molecule has 0 aliphatic rings. The zero-order valence-corrected chi connectivity index (χ0v) is 11.9. The zero-order valence-electron chi connectivity index (χ0n) is 10.3. The highest BCUT2D eigenvalue weighted by Crippen LogP contribution is 2.17. The van der Waals surface area contributed by atoms with E-state index in [-0.39, 0.29) is 12.0 Å². The highest BCUT2D eigenvalue weighted by molar-refractivity contribution is 7.99. The second kappa shape index (κ2) is 7.74. The molecule has 0 aliphatic heterocycles. The summed E-state index contributed by atoms with van der Waals surface area (Å²) in [7, 11) is 1.79. The number of aliphatic hydroxyl groups excluding tert-OH is 1. The molecule has 17 heavy (non-hydrogen) atoms. The van der Waals surface area contributed by atoms with Gasteiger partial charge < -0.3 is 10.0 Å². The van der Waals surface area contributed by atoms with Crippen molar-refractivity contribution in [1.82, 2.24) is 4.90 Å². The van der Waals surface area contributed by atoms with Gasteiger partial charge in [-0.05, 0) is 24.8 Å². The average Bonchev–Trinajstić information content (AvgIpc) is 2.78. The van der Waals surface area contributed by atoms with Crippen molar-refractivity contribution in [2.24, 2.45) is 0 Å². The van der Waals surface area contributed by atoms with Gasteiger partial charge in [-0.2, -0.15) is 0 Å². The maximum atomic E-state index is 11.7. The molecule has 96 valence electrons. The normalized spacial score (nSPS) is 12.4. The lowest BCUT2D eigenvalue weighted by molar-refractivity contribution is -0.127. The molecule has 1 unspecified atom stereocenters. The van der Waals surface area contributed by atoms with Gasteiger partial charge >= 0.3 is 0 Å². The van der Waals surface area contributed by atoms with Crippen LogP contribution in [0.4, 0.5) is 0 Å². The van der Waals surface area contributed by atoms with Gasteiger partial charge in [0.2, 0.25) is 5.91 Å². The van der Waals surface area contributed by atoms with E-state index >= 15 is 0 Å². The summed E-state index contributed by atoms with van der Waals surface area (Å²) in [6, 6.07) is 4.11. The largest absolute Gasteiger partial charge is 0.393 e. The number of nitrogens with zero attached hydrogens (tertiary/aromatic N) is 1. The predicted octanol–water partition coefficient (Wildman–Crippen LogP) is 2.21. The summed E-state index contributed by atoms with van der Waals surface area (Å²) in [4.78, 5) is 14.7. The Labute approximate surface area is 111 Å². The van der Waals surface area contributed by atoms with Crippen LogP contribution in [0.25, 0.3) is 0 Å². The Morgan fingerprint density at radius 2 is 2.41 bits per heavy atom.